The van der Waals surface area contributed by atoms with Crippen LogP contribution >= 0.6 is 11.6 Å². The Morgan fingerprint density at radius 1 is 1.08 bits per heavy atom. The van der Waals surface area contributed by atoms with Crippen LogP contribution in [0.2, 0.25) is 5.02 Å². The highest BCUT2D eigenvalue weighted by atomic mass is 35.5. The van der Waals surface area contributed by atoms with Gasteiger partial charge in [-0.15, -0.1) is 0 Å². The second kappa shape index (κ2) is 8.32. The zero-order chi connectivity index (χ0) is 17.6. The van der Waals surface area contributed by atoms with Crippen LogP contribution in [0.4, 0.5) is 4.39 Å². The molecule has 0 amide bonds. The first kappa shape index (κ1) is 17.7. The van der Waals surface area contributed by atoms with Crippen LogP contribution in [0.25, 0.3) is 11.3 Å². The Balaban J connectivity index is 1.52. The predicted molar refractivity (Wildman–Crippen MR) is 100 cm³/mol. The molecule has 0 spiro atoms. The van der Waals surface area contributed by atoms with Crippen LogP contribution in [0.5, 0.6) is 0 Å². The molecule has 2 aromatic carbocycles. The lowest BCUT2D eigenvalue weighted by molar-refractivity contribution is 0.449. The molecule has 0 aliphatic rings. The van der Waals surface area contributed by atoms with Gasteiger partial charge in [0.1, 0.15) is 17.3 Å². The van der Waals surface area contributed by atoms with Crippen molar-refractivity contribution in [1.29, 1.82) is 0 Å². The van der Waals surface area contributed by atoms with Gasteiger partial charge in [0.15, 0.2) is 0 Å². The summed E-state index contributed by atoms with van der Waals surface area (Å²) in [6.07, 6.45) is 2.11. The van der Waals surface area contributed by atoms with E-state index in [1.54, 1.807) is 12.1 Å². The lowest BCUT2D eigenvalue weighted by atomic mass is 10.1. The number of hydrogen-bond donors (Lipinski definition) is 1. The molecule has 0 aliphatic heterocycles. The van der Waals surface area contributed by atoms with Crippen molar-refractivity contribution in [3.63, 3.8) is 0 Å². The van der Waals surface area contributed by atoms with E-state index in [2.05, 4.69) is 36.5 Å². The number of hydrogen-bond acceptors (Lipinski definition) is 2. The van der Waals surface area contributed by atoms with Gasteiger partial charge in [-0.1, -0.05) is 41.9 Å². The molecule has 3 aromatic rings. The molecule has 0 saturated carbocycles. The highest BCUT2D eigenvalue weighted by molar-refractivity contribution is 6.31. The Bertz CT molecular complexity index is 816. The lowest BCUT2D eigenvalue weighted by Gasteiger charge is -2.12. The molecular weight excluding hydrogens is 337 g/mol. The minimum absolute atomic E-state index is 0.100. The van der Waals surface area contributed by atoms with Crippen molar-refractivity contribution < 1.29 is 8.81 Å². The van der Waals surface area contributed by atoms with Crippen molar-refractivity contribution in [2.24, 2.45) is 0 Å². The Morgan fingerprint density at radius 3 is 2.64 bits per heavy atom. The van der Waals surface area contributed by atoms with Crippen LogP contribution < -0.4 is 5.32 Å². The highest BCUT2D eigenvalue weighted by Crippen LogP contribution is 2.26. The van der Waals surface area contributed by atoms with E-state index >= 15 is 0 Å². The third-order valence-corrected chi connectivity index (χ3v) is 4.49. The van der Waals surface area contributed by atoms with Crippen molar-refractivity contribution in [1.82, 2.24) is 5.32 Å². The van der Waals surface area contributed by atoms with Crippen molar-refractivity contribution in [3.8, 4) is 11.3 Å². The molecule has 0 saturated heterocycles. The lowest BCUT2D eigenvalue weighted by Crippen LogP contribution is -2.25. The molecule has 25 heavy (non-hydrogen) atoms. The molecule has 3 rings (SSSR count). The average molecular weight is 358 g/mol. The van der Waals surface area contributed by atoms with Crippen LogP contribution in [0.1, 0.15) is 24.7 Å². The number of halogens is 2. The van der Waals surface area contributed by atoms with Crippen molar-refractivity contribution in [3.05, 3.63) is 82.8 Å². The minimum atomic E-state index is -0.425. The zero-order valence-electron chi connectivity index (χ0n) is 14.1. The largest absolute Gasteiger partial charge is 0.460 e. The molecule has 1 atom stereocenters. The van der Waals surface area contributed by atoms with E-state index in [9.17, 15) is 4.39 Å². The fourth-order valence-corrected chi connectivity index (χ4v) is 2.86. The third kappa shape index (κ3) is 4.94. The Kier molecular flexibility index (Phi) is 5.90. The Morgan fingerprint density at radius 2 is 1.88 bits per heavy atom. The molecule has 1 N–H and O–H groups in total. The van der Waals surface area contributed by atoms with Gasteiger partial charge in [-0.2, -0.15) is 0 Å². The smallest absolute Gasteiger partial charge is 0.141 e. The molecule has 4 heteroatoms. The van der Waals surface area contributed by atoms with E-state index < -0.39 is 5.82 Å². The summed E-state index contributed by atoms with van der Waals surface area (Å²) in [5.74, 6) is 1.11. The number of rotatable bonds is 7. The maximum Gasteiger partial charge on any atom is 0.141 e. The van der Waals surface area contributed by atoms with Gasteiger partial charge in [0.05, 0.1) is 11.6 Å². The van der Waals surface area contributed by atoms with Crippen molar-refractivity contribution in [2.75, 3.05) is 0 Å². The SMILES string of the molecule is C[C@@H](CCc1ccccc1)NCc1ccc(-c2ccc(F)c(Cl)c2)o1. The van der Waals surface area contributed by atoms with E-state index in [1.165, 1.54) is 11.6 Å². The molecule has 0 bridgehead atoms. The summed E-state index contributed by atoms with van der Waals surface area (Å²) in [6.45, 7) is 2.83. The van der Waals surface area contributed by atoms with E-state index in [-0.39, 0.29) is 5.02 Å². The standard InChI is InChI=1S/C21H21ClFNO/c1-15(7-8-16-5-3-2-4-6-16)24-14-18-10-12-21(25-18)17-9-11-20(23)19(22)13-17/h2-6,9-13,15,24H,7-8,14H2,1H3/t15-/m0/s1. The van der Waals surface area contributed by atoms with E-state index in [1.807, 2.05) is 18.2 Å². The molecule has 0 radical (unpaired) electrons. The van der Waals surface area contributed by atoms with Crippen LogP contribution in [0.15, 0.2) is 65.1 Å². The topological polar surface area (TPSA) is 25.2 Å². The van der Waals surface area contributed by atoms with E-state index in [0.717, 1.165) is 24.2 Å². The Labute approximate surface area is 152 Å². The summed E-state index contributed by atoms with van der Waals surface area (Å²) in [5, 5.41) is 3.57. The first-order chi connectivity index (χ1) is 12.1. The van der Waals surface area contributed by atoms with Gasteiger partial charge in [0.25, 0.3) is 0 Å². The molecule has 2 nitrogen and oxygen atoms in total. The van der Waals surface area contributed by atoms with E-state index in [4.69, 9.17) is 16.0 Å². The summed E-state index contributed by atoms with van der Waals surface area (Å²) in [7, 11) is 0. The second-order valence-electron chi connectivity index (χ2n) is 6.20. The van der Waals surface area contributed by atoms with Gasteiger partial charge in [-0.3, -0.25) is 0 Å². The molecule has 1 heterocycles. The van der Waals surface area contributed by atoms with Gasteiger partial charge in [0, 0.05) is 11.6 Å². The molecule has 0 unspecified atom stereocenters. The maximum atomic E-state index is 13.3. The quantitative estimate of drug-likeness (QED) is 0.573. The van der Waals surface area contributed by atoms with Gasteiger partial charge >= 0.3 is 0 Å². The zero-order valence-corrected chi connectivity index (χ0v) is 14.9. The number of furan rings is 1. The Hall–Kier alpha value is -2.10. The van der Waals surface area contributed by atoms with Crippen LogP contribution in [0, 0.1) is 5.82 Å². The van der Waals surface area contributed by atoms with Crippen LogP contribution in [0.3, 0.4) is 0 Å². The molecule has 0 aliphatic carbocycles. The molecule has 0 fully saturated rings. The first-order valence-electron chi connectivity index (χ1n) is 8.43. The number of nitrogens with one attached hydrogen (secondary N) is 1. The summed E-state index contributed by atoms with van der Waals surface area (Å²) in [6, 6.07) is 19.3. The second-order valence-corrected chi connectivity index (χ2v) is 6.61. The summed E-state index contributed by atoms with van der Waals surface area (Å²) >= 11 is 5.83. The van der Waals surface area contributed by atoms with E-state index in [0.29, 0.717) is 18.3 Å². The first-order valence-corrected chi connectivity index (χ1v) is 8.81. The third-order valence-electron chi connectivity index (χ3n) is 4.20. The molecule has 130 valence electrons. The number of benzene rings is 2. The predicted octanol–water partition coefficient (Wildman–Crippen LogP) is 5.85. The van der Waals surface area contributed by atoms with Crippen LogP contribution in [-0.4, -0.2) is 6.04 Å². The summed E-state index contributed by atoms with van der Waals surface area (Å²) in [4.78, 5) is 0. The maximum absolute atomic E-state index is 13.3. The highest BCUT2D eigenvalue weighted by Gasteiger charge is 2.09. The van der Waals surface area contributed by atoms with Crippen molar-refractivity contribution in [2.45, 2.75) is 32.4 Å². The average Bonchev–Trinajstić information content (AvgIpc) is 3.10. The molecular formula is C21H21ClFNO. The minimum Gasteiger partial charge on any atom is -0.460 e. The fraction of sp³-hybridized carbons (Fsp3) is 0.238. The molecule has 1 aromatic heterocycles. The van der Waals surface area contributed by atoms with Gasteiger partial charge in [-0.05, 0) is 55.7 Å². The number of aryl methyl sites for hydroxylation is 1. The fourth-order valence-electron chi connectivity index (χ4n) is 2.68. The summed E-state index contributed by atoms with van der Waals surface area (Å²) in [5.41, 5.74) is 2.12. The van der Waals surface area contributed by atoms with Crippen LogP contribution in [-0.2, 0) is 13.0 Å². The van der Waals surface area contributed by atoms with Gasteiger partial charge < -0.3 is 9.73 Å². The monoisotopic (exact) mass is 357 g/mol. The normalized spacial score (nSPS) is 12.3. The summed E-state index contributed by atoms with van der Waals surface area (Å²) < 4.78 is 19.1. The van der Waals surface area contributed by atoms with Gasteiger partial charge in [-0.25, -0.2) is 4.39 Å². The van der Waals surface area contributed by atoms with Crippen molar-refractivity contribution >= 4 is 11.6 Å². The van der Waals surface area contributed by atoms with Gasteiger partial charge in [0.2, 0.25) is 0 Å².